The topological polar surface area (TPSA) is 102 Å². The van der Waals surface area contributed by atoms with Gasteiger partial charge in [-0.1, -0.05) is 0 Å². The quantitative estimate of drug-likeness (QED) is 0.513. The molecule has 0 fully saturated rings. The van der Waals surface area contributed by atoms with Gasteiger partial charge >= 0.3 is 5.97 Å². The minimum atomic E-state index is -3.69. The predicted molar refractivity (Wildman–Crippen MR) is 60.9 cm³/mol. The van der Waals surface area contributed by atoms with Crippen LogP contribution in [0.3, 0.4) is 0 Å². The highest BCUT2D eigenvalue weighted by atomic mass is 32.2. The van der Waals surface area contributed by atoms with E-state index in [4.69, 9.17) is 0 Å². The van der Waals surface area contributed by atoms with Crippen molar-refractivity contribution < 1.29 is 27.8 Å². The molecule has 0 saturated carbocycles. The second kappa shape index (κ2) is 8.40. The zero-order chi connectivity index (χ0) is 13.3. The molecule has 1 unspecified atom stereocenters. The zero-order valence-corrected chi connectivity index (χ0v) is 10.8. The molecule has 7 nitrogen and oxygen atoms in total. The number of methoxy groups -OCH3 is 1. The van der Waals surface area contributed by atoms with Crippen LogP contribution in [0.4, 0.5) is 0 Å². The second-order valence-corrected chi connectivity index (χ2v) is 5.16. The Morgan fingerprint density at radius 1 is 1.47 bits per heavy atom. The lowest BCUT2D eigenvalue weighted by atomic mass is 10.3. The summed E-state index contributed by atoms with van der Waals surface area (Å²) < 4.78 is 34.1. The van der Waals surface area contributed by atoms with E-state index in [1.54, 1.807) is 6.92 Å². The molecule has 0 aliphatic carbocycles. The van der Waals surface area contributed by atoms with Gasteiger partial charge in [0, 0.05) is 13.7 Å². The Labute approximate surface area is 101 Å². The summed E-state index contributed by atoms with van der Waals surface area (Å²) in [4.78, 5) is 10.9. The van der Waals surface area contributed by atoms with E-state index in [-0.39, 0.29) is 26.2 Å². The van der Waals surface area contributed by atoms with Crippen molar-refractivity contribution in [1.29, 1.82) is 0 Å². The van der Waals surface area contributed by atoms with Crippen molar-refractivity contribution in [2.75, 3.05) is 32.6 Å². The number of sulfonamides is 1. The molecule has 0 aliphatic heterocycles. The first-order valence-electron chi connectivity index (χ1n) is 5.21. The number of rotatable bonds is 9. The van der Waals surface area contributed by atoms with Gasteiger partial charge in [-0.3, -0.25) is 4.79 Å². The van der Waals surface area contributed by atoms with Crippen LogP contribution in [0.2, 0.25) is 0 Å². The maximum Gasteiger partial charge on any atom is 0.322 e. The molecule has 0 aliphatic rings. The lowest BCUT2D eigenvalue weighted by Gasteiger charge is -2.10. The number of esters is 1. The first kappa shape index (κ1) is 16.3. The Morgan fingerprint density at radius 3 is 2.65 bits per heavy atom. The monoisotopic (exact) mass is 269 g/mol. The molecule has 0 aromatic heterocycles. The molecule has 8 heteroatoms. The fourth-order valence-electron chi connectivity index (χ4n) is 1.07. The third-order valence-electron chi connectivity index (χ3n) is 1.77. The van der Waals surface area contributed by atoms with Crippen LogP contribution in [0.5, 0.6) is 0 Å². The lowest BCUT2D eigenvalue weighted by Crippen LogP contribution is -2.33. The first-order chi connectivity index (χ1) is 7.91. The van der Waals surface area contributed by atoms with Crippen LogP contribution in [0, 0.1) is 0 Å². The molecule has 0 saturated heterocycles. The number of hydrogen-bond donors (Lipinski definition) is 2. The van der Waals surface area contributed by atoms with Crippen molar-refractivity contribution >= 4 is 16.0 Å². The summed E-state index contributed by atoms with van der Waals surface area (Å²) in [5.41, 5.74) is 0. The summed E-state index contributed by atoms with van der Waals surface area (Å²) in [7, 11) is -2.25. The molecule has 1 atom stereocenters. The minimum absolute atomic E-state index is 0.0479. The van der Waals surface area contributed by atoms with Gasteiger partial charge < -0.3 is 14.6 Å². The normalized spacial score (nSPS) is 13.4. The Morgan fingerprint density at radius 2 is 2.12 bits per heavy atom. The third kappa shape index (κ3) is 9.04. The summed E-state index contributed by atoms with van der Waals surface area (Å²) >= 11 is 0. The van der Waals surface area contributed by atoms with Gasteiger partial charge in [0.1, 0.15) is 0 Å². The average Bonchev–Trinajstić information content (AvgIpc) is 2.16. The molecular formula is C9H19NO6S. The molecule has 102 valence electrons. The van der Waals surface area contributed by atoms with Gasteiger partial charge in [-0.2, -0.15) is 0 Å². The summed E-state index contributed by atoms with van der Waals surface area (Å²) in [6, 6.07) is 0. The van der Waals surface area contributed by atoms with Gasteiger partial charge in [0.15, 0.2) is 5.75 Å². The fraction of sp³-hybridized carbons (Fsp3) is 0.889. The van der Waals surface area contributed by atoms with Crippen molar-refractivity contribution in [3.8, 4) is 0 Å². The Balaban J connectivity index is 3.90. The van der Waals surface area contributed by atoms with Crippen molar-refractivity contribution in [3.63, 3.8) is 0 Å². The van der Waals surface area contributed by atoms with E-state index >= 15 is 0 Å². The molecule has 0 bridgehead atoms. The van der Waals surface area contributed by atoms with E-state index in [0.29, 0.717) is 0 Å². The maximum absolute atomic E-state index is 11.3. The maximum atomic E-state index is 11.3. The summed E-state index contributed by atoms with van der Waals surface area (Å²) in [5, 5.41) is 9.26. The van der Waals surface area contributed by atoms with E-state index in [9.17, 15) is 18.3 Å². The average molecular weight is 269 g/mol. The summed E-state index contributed by atoms with van der Waals surface area (Å²) in [6.07, 6.45) is -0.513. The molecule has 0 aromatic carbocycles. The van der Waals surface area contributed by atoms with Gasteiger partial charge in [-0.25, -0.2) is 13.1 Å². The standard InChI is InChI=1S/C9H19NO6S/c1-3-16-9(12)7-17(13,14)10-5-4-8(11)6-15-2/h8,10-11H,3-7H2,1-2H3. The summed E-state index contributed by atoms with van der Waals surface area (Å²) in [6.45, 7) is 1.92. The Bertz CT molecular complexity index is 315. The van der Waals surface area contributed by atoms with E-state index in [0.717, 1.165) is 0 Å². The van der Waals surface area contributed by atoms with Gasteiger partial charge in [0.25, 0.3) is 0 Å². The molecule has 0 radical (unpaired) electrons. The van der Waals surface area contributed by atoms with Gasteiger partial charge in [0.2, 0.25) is 10.0 Å². The number of nitrogens with one attached hydrogen (secondary N) is 1. The second-order valence-electron chi connectivity index (χ2n) is 3.36. The van der Waals surface area contributed by atoms with Crippen LogP contribution >= 0.6 is 0 Å². The molecule has 0 heterocycles. The molecule has 0 rings (SSSR count). The number of ether oxygens (including phenoxy) is 2. The number of aliphatic hydroxyl groups is 1. The molecule has 17 heavy (non-hydrogen) atoms. The predicted octanol–water partition coefficient (Wildman–Crippen LogP) is -1.13. The van der Waals surface area contributed by atoms with Gasteiger partial charge in [0.05, 0.1) is 19.3 Å². The SMILES string of the molecule is CCOC(=O)CS(=O)(=O)NCCC(O)COC. The van der Waals surface area contributed by atoms with Crippen LogP contribution < -0.4 is 4.72 Å². The van der Waals surface area contributed by atoms with Crippen LogP contribution in [-0.2, 0) is 24.3 Å². The smallest absolute Gasteiger partial charge is 0.322 e. The van der Waals surface area contributed by atoms with E-state index in [2.05, 4.69) is 14.2 Å². The number of carbonyl (C=O) groups excluding carboxylic acids is 1. The fourth-order valence-corrected chi connectivity index (χ4v) is 1.99. The number of aliphatic hydroxyl groups excluding tert-OH is 1. The van der Waals surface area contributed by atoms with Crippen molar-refractivity contribution in [1.82, 2.24) is 4.72 Å². The highest BCUT2D eigenvalue weighted by Gasteiger charge is 2.17. The Hall–Kier alpha value is -0.700. The van der Waals surface area contributed by atoms with E-state index in [1.807, 2.05) is 0 Å². The highest BCUT2D eigenvalue weighted by molar-refractivity contribution is 7.90. The number of carbonyl (C=O) groups is 1. The Kier molecular flexibility index (Phi) is 8.05. The van der Waals surface area contributed by atoms with E-state index < -0.39 is 27.8 Å². The first-order valence-corrected chi connectivity index (χ1v) is 6.86. The number of hydrogen-bond acceptors (Lipinski definition) is 6. The molecule has 0 amide bonds. The highest BCUT2D eigenvalue weighted by Crippen LogP contribution is 1.93. The van der Waals surface area contributed by atoms with Gasteiger partial charge in [-0.05, 0) is 13.3 Å². The largest absolute Gasteiger partial charge is 0.465 e. The molecule has 2 N–H and O–H groups in total. The van der Waals surface area contributed by atoms with Crippen LogP contribution in [0.15, 0.2) is 0 Å². The molecule has 0 spiro atoms. The minimum Gasteiger partial charge on any atom is -0.465 e. The molecule has 0 aromatic rings. The van der Waals surface area contributed by atoms with Crippen molar-refractivity contribution in [3.05, 3.63) is 0 Å². The van der Waals surface area contributed by atoms with Crippen LogP contribution in [0.1, 0.15) is 13.3 Å². The lowest BCUT2D eigenvalue weighted by molar-refractivity contribution is -0.139. The van der Waals surface area contributed by atoms with Crippen LogP contribution in [-0.4, -0.2) is 58.2 Å². The molecular weight excluding hydrogens is 250 g/mol. The third-order valence-corrected chi connectivity index (χ3v) is 3.03. The van der Waals surface area contributed by atoms with E-state index in [1.165, 1.54) is 7.11 Å². The summed E-state index contributed by atoms with van der Waals surface area (Å²) in [5.74, 6) is -1.50. The van der Waals surface area contributed by atoms with Gasteiger partial charge in [-0.15, -0.1) is 0 Å². The zero-order valence-electron chi connectivity index (χ0n) is 10.0. The van der Waals surface area contributed by atoms with Crippen LogP contribution in [0.25, 0.3) is 0 Å². The van der Waals surface area contributed by atoms with Crippen molar-refractivity contribution in [2.45, 2.75) is 19.4 Å². The van der Waals surface area contributed by atoms with Crippen molar-refractivity contribution in [2.24, 2.45) is 0 Å².